The van der Waals surface area contributed by atoms with Crippen molar-refractivity contribution in [1.29, 1.82) is 0 Å². The van der Waals surface area contributed by atoms with Crippen LogP contribution in [0, 0.1) is 10.8 Å². The molecule has 1 rings (SSSR count). The second kappa shape index (κ2) is 7.21. The molecule has 0 aromatic carbocycles. The zero-order valence-electron chi connectivity index (χ0n) is 13.9. The van der Waals surface area contributed by atoms with Crippen LogP contribution in [0.4, 0.5) is 0 Å². The Morgan fingerprint density at radius 2 is 1.65 bits per heavy atom. The Morgan fingerprint density at radius 3 is 2.20 bits per heavy atom. The molecule has 4 N–H and O–H groups in total. The predicted molar refractivity (Wildman–Crippen MR) is 83.8 cm³/mol. The first-order valence-electron chi connectivity index (χ1n) is 7.92. The minimum atomic E-state index is -0.292. The van der Waals surface area contributed by atoms with Gasteiger partial charge in [-0.25, -0.2) is 0 Å². The van der Waals surface area contributed by atoms with Crippen LogP contribution in [0.2, 0.25) is 0 Å². The summed E-state index contributed by atoms with van der Waals surface area (Å²) in [7, 11) is 0. The molecule has 120 valence electrons. The van der Waals surface area contributed by atoms with Gasteiger partial charge in [0, 0.05) is 25.7 Å². The van der Waals surface area contributed by atoms with Crippen molar-refractivity contribution in [2.75, 3.05) is 19.6 Å². The molecule has 0 bridgehead atoms. The first-order valence-corrected chi connectivity index (χ1v) is 7.92. The second-order valence-corrected chi connectivity index (χ2v) is 7.99. The van der Waals surface area contributed by atoms with E-state index in [1.54, 1.807) is 0 Å². The SMILES string of the molecule is CC(O)CNCC1(C)CC(NCC(C)O)CC(C)(C)C1. The lowest BCUT2D eigenvalue weighted by Crippen LogP contribution is -2.50. The van der Waals surface area contributed by atoms with Crippen LogP contribution in [0.1, 0.15) is 53.9 Å². The van der Waals surface area contributed by atoms with Gasteiger partial charge < -0.3 is 20.8 Å². The molecule has 0 radical (unpaired) electrons. The van der Waals surface area contributed by atoms with Gasteiger partial charge in [-0.2, -0.15) is 0 Å². The van der Waals surface area contributed by atoms with Gasteiger partial charge in [-0.3, -0.25) is 0 Å². The van der Waals surface area contributed by atoms with Crippen LogP contribution in [0.5, 0.6) is 0 Å². The van der Waals surface area contributed by atoms with E-state index in [2.05, 4.69) is 31.4 Å². The van der Waals surface area contributed by atoms with E-state index in [0.717, 1.165) is 19.4 Å². The Bertz CT molecular complexity index is 292. The largest absolute Gasteiger partial charge is 0.392 e. The molecule has 1 aliphatic carbocycles. The van der Waals surface area contributed by atoms with Crippen molar-refractivity contribution in [1.82, 2.24) is 10.6 Å². The first-order chi connectivity index (χ1) is 9.12. The molecule has 0 aromatic heterocycles. The van der Waals surface area contributed by atoms with Crippen molar-refractivity contribution in [3.05, 3.63) is 0 Å². The molecular weight excluding hydrogens is 252 g/mol. The molecule has 20 heavy (non-hydrogen) atoms. The smallest absolute Gasteiger partial charge is 0.0636 e. The highest BCUT2D eigenvalue weighted by Crippen LogP contribution is 2.45. The molecule has 4 nitrogen and oxygen atoms in total. The van der Waals surface area contributed by atoms with Crippen LogP contribution >= 0.6 is 0 Å². The van der Waals surface area contributed by atoms with Crippen LogP contribution in [0.3, 0.4) is 0 Å². The number of aliphatic hydroxyl groups is 2. The van der Waals surface area contributed by atoms with Crippen molar-refractivity contribution in [2.45, 2.75) is 72.1 Å². The van der Waals surface area contributed by atoms with Crippen molar-refractivity contribution in [2.24, 2.45) is 10.8 Å². The summed E-state index contributed by atoms with van der Waals surface area (Å²) in [6.07, 6.45) is 2.89. The maximum Gasteiger partial charge on any atom is 0.0636 e. The summed E-state index contributed by atoms with van der Waals surface area (Å²) in [6.45, 7) is 12.9. The van der Waals surface area contributed by atoms with Crippen molar-refractivity contribution >= 4 is 0 Å². The van der Waals surface area contributed by atoms with Gasteiger partial charge >= 0.3 is 0 Å². The van der Waals surface area contributed by atoms with E-state index in [1.165, 1.54) is 6.42 Å². The Balaban J connectivity index is 2.56. The zero-order valence-corrected chi connectivity index (χ0v) is 13.9. The topological polar surface area (TPSA) is 64.5 Å². The summed E-state index contributed by atoms with van der Waals surface area (Å²) in [5, 5.41) is 25.7. The van der Waals surface area contributed by atoms with Gasteiger partial charge in [0.05, 0.1) is 12.2 Å². The minimum Gasteiger partial charge on any atom is -0.392 e. The third-order valence-electron chi connectivity index (χ3n) is 4.14. The lowest BCUT2D eigenvalue weighted by molar-refractivity contribution is 0.0619. The minimum absolute atomic E-state index is 0.243. The molecule has 0 spiro atoms. The van der Waals surface area contributed by atoms with E-state index in [9.17, 15) is 10.2 Å². The molecule has 0 saturated heterocycles. The van der Waals surface area contributed by atoms with E-state index in [0.29, 0.717) is 24.5 Å². The zero-order chi connectivity index (χ0) is 15.4. The summed E-state index contributed by atoms with van der Waals surface area (Å²) in [4.78, 5) is 0. The Kier molecular flexibility index (Phi) is 6.45. The molecule has 0 amide bonds. The molecule has 1 saturated carbocycles. The Labute approximate surface area is 124 Å². The summed E-state index contributed by atoms with van der Waals surface area (Å²) in [5.74, 6) is 0. The fourth-order valence-corrected chi connectivity index (χ4v) is 3.83. The van der Waals surface area contributed by atoms with E-state index in [4.69, 9.17) is 0 Å². The normalized spacial score (nSPS) is 32.9. The summed E-state index contributed by atoms with van der Waals surface area (Å²) >= 11 is 0. The van der Waals surface area contributed by atoms with Crippen molar-refractivity contribution in [3.8, 4) is 0 Å². The highest BCUT2D eigenvalue weighted by molar-refractivity contribution is 4.95. The fourth-order valence-electron chi connectivity index (χ4n) is 3.83. The molecule has 1 aliphatic rings. The lowest BCUT2D eigenvalue weighted by atomic mass is 9.62. The highest BCUT2D eigenvalue weighted by Gasteiger charge is 2.40. The summed E-state index contributed by atoms with van der Waals surface area (Å²) in [6, 6.07) is 0.465. The molecule has 4 atom stereocenters. The van der Waals surface area contributed by atoms with E-state index >= 15 is 0 Å². The average Bonchev–Trinajstić information content (AvgIpc) is 2.22. The number of hydrogen-bond acceptors (Lipinski definition) is 4. The quantitative estimate of drug-likeness (QED) is 0.573. The standard InChI is InChI=1S/C16H34N2O2/c1-12(19)8-17-11-16(5)7-14(18-9-13(2)20)6-15(3,4)10-16/h12-14,17-20H,6-11H2,1-5H3. The van der Waals surface area contributed by atoms with Gasteiger partial charge in [-0.1, -0.05) is 20.8 Å². The number of hydrogen-bond donors (Lipinski definition) is 4. The number of aliphatic hydroxyl groups excluding tert-OH is 2. The van der Waals surface area contributed by atoms with Gasteiger partial charge in [0.1, 0.15) is 0 Å². The van der Waals surface area contributed by atoms with Crippen LogP contribution in [0.15, 0.2) is 0 Å². The maximum atomic E-state index is 9.44. The molecule has 1 fully saturated rings. The van der Waals surface area contributed by atoms with Gasteiger partial charge in [-0.15, -0.1) is 0 Å². The highest BCUT2D eigenvalue weighted by atomic mass is 16.3. The molecule has 0 aliphatic heterocycles. The van der Waals surface area contributed by atoms with Gasteiger partial charge in [-0.05, 0) is 43.9 Å². The second-order valence-electron chi connectivity index (χ2n) is 7.99. The van der Waals surface area contributed by atoms with Crippen molar-refractivity contribution < 1.29 is 10.2 Å². The monoisotopic (exact) mass is 286 g/mol. The molecule has 4 unspecified atom stereocenters. The van der Waals surface area contributed by atoms with Crippen LogP contribution < -0.4 is 10.6 Å². The third kappa shape index (κ3) is 6.53. The number of nitrogens with one attached hydrogen (secondary N) is 2. The average molecular weight is 286 g/mol. The predicted octanol–water partition coefficient (Wildman–Crippen LogP) is 1.51. The third-order valence-corrected chi connectivity index (χ3v) is 4.14. The molecular formula is C16H34N2O2. The Morgan fingerprint density at radius 1 is 1.05 bits per heavy atom. The van der Waals surface area contributed by atoms with Gasteiger partial charge in [0.25, 0.3) is 0 Å². The molecule has 4 heteroatoms. The van der Waals surface area contributed by atoms with E-state index in [1.807, 2.05) is 13.8 Å². The van der Waals surface area contributed by atoms with Crippen LogP contribution in [-0.4, -0.2) is 48.1 Å². The van der Waals surface area contributed by atoms with E-state index < -0.39 is 0 Å². The Hall–Kier alpha value is -0.160. The number of rotatable bonds is 7. The van der Waals surface area contributed by atoms with Crippen LogP contribution in [-0.2, 0) is 0 Å². The summed E-state index contributed by atoms with van der Waals surface area (Å²) < 4.78 is 0. The van der Waals surface area contributed by atoms with Crippen molar-refractivity contribution in [3.63, 3.8) is 0 Å². The summed E-state index contributed by atoms with van der Waals surface area (Å²) in [5.41, 5.74) is 0.558. The lowest BCUT2D eigenvalue weighted by Gasteiger charge is -2.47. The molecule has 0 aromatic rings. The van der Waals surface area contributed by atoms with Gasteiger partial charge in [0.15, 0.2) is 0 Å². The van der Waals surface area contributed by atoms with E-state index in [-0.39, 0.29) is 17.6 Å². The fraction of sp³-hybridized carbons (Fsp3) is 1.00. The maximum absolute atomic E-state index is 9.44. The first kappa shape index (κ1) is 17.9. The molecule has 0 heterocycles. The van der Waals surface area contributed by atoms with Crippen LogP contribution in [0.25, 0.3) is 0 Å². The van der Waals surface area contributed by atoms with Gasteiger partial charge in [0.2, 0.25) is 0 Å².